The van der Waals surface area contributed by atoms with Crippen LogP contribution in [0.3, 0.4) is 0 Å². The number of amides is 1. The molecule has 0 saturated carbocycles. The highest BCUT2D eigenvalue weighted by Gasteiger charge is 2.22. The molecule has 0 aromatic carbocycles. The summed E-state index contributed by atoms with van der Waals surface area (Å²) in [5.41, 5.74) is 0. The van der Waals surface area contributed by atoms with Crippen LogP contribution in [0.15, 0.2) is 12.7 Å². The van der Waals surface area contributed by atoms with E-state index in [0.717, 1.165) is 0 Å². The lowest BCUT2D eigenvalue weighted by atomic mass is 10.6. The predicted octanol–water partition coefficient (Wildman–Crippen LogP) is 1.47. The van der Waals surface area contributed by atoms with Gasteiger partial charge in [0, 0.05) is 7.05 Å². The molecule has 1 amide bonds. The van der Waals surface area contributed by atoms with E-state index in [-0.39, 0.29) is 5.91 Å². The van der Waals surface area contributed by atoms with Gasteiger partial charge in [-0.1, -0.05) is 26.2 Å². The monoisotopic (exact) mass is 157 g/mol. The van der Waals surface area contributed by atoms with E-state index in [2.05, 4.69) is 26.2 Å². The molecule has 0 fully saturated rings. The highest BCUT2D eigenvalue weighted by molar-refractivity contribution is 6.75. The van der Waals surface area contributed by atoms with Gasteiger partial charge in [-0.3, -0.25) is 4.79 Å². The lowest BCUT2D eigenvalue weighted by Gasteiger charge is -2.28. The van der Waals surface area contributed by atoms with Crippen LogP contribution in [0.2, 0.25) is 19.6 Å². The van der Waals surface area contributed by atoms with Gasteiger partial charge in [-0.2, -0.15) is 0 Å². The molecule has 0 rings (SSSR count). The predicted molar refractivity (Wildman–Crippen MR) is 46.3 cm³/mol. The smallest absolute Gasteiger partial charge is 0.237 e. The molecule has 0 spiro atoms. The van der Waals surface area contributed by atoms with Crippen LogP contribution in [-0.4, -0.2) is 25.8 Å². The van der Waals surface area contributed by atoms with Gasteiger partial charge < -0.3 is 4.57 Å². The maximum Gasteiger partial charge on any atom is 0.237 e. The minimum absolute atomic E-state index is 0.0270. The van der Waals surface area contributed by atoms with E-state index in [0.29, 0.717) is 0 Å². The van der Waals surface area contributed by atoms with Crippen molar-refractivity contribution in [2.45, 2.75) is 19.6 Å². The number of carbonyl (C=O) groups is 1. The van der Waals surface area contributed by atoms with Crippen LogP contribution in [0.5, 0.6) is 0 Å². The van der Waals surface area contributed by atoms with E-state index < -0.39 is 8.24 Å². The lowest BCUT2D eigenvalue weighted by molar-refractivity contribution is -0.121. The van der Waals surface area contributed by atoms with Crippen LogP contribution in [-0.2, 0) is 4.79 Å². The molecule has 0 unspecified atom stereocenters. The fraction of sp³-hybridized carbons (Fsp3) is 0.571. The molecular formula is C7H15NOSi. The van der Waals surface area contributed by atoms with E-state index >= 15 is 0 Å². The zero-order chi connectivity index (χ0) is 8.36. The van der Waals surface area contributed by atoms with E-state index in [1.54, 1.807) is 4.57 Å². The molecule has 0 N–H and O–H groups in total. The SMILES string of the molecule is C=CC(=O)N(C)[Si](C)(C)C. The Morgan fingerprint density at radius 1 is 1.50 bits per heavy atom. The Hall–Kier alpha value is -0.573. The summed E-state index contributed by atoms with van der Waals surface area (Å²) in [4.78, 5) is 11.0. The standard InChI is InChI=1S/C7H15NOSi/c1-6-7(9)8(2)10(3,4)5/h6H,1H2,2-5H3. The van der Waals surface area contributed by atoms with Crippen molar-refractivity contribution in [2.75, 3.05) is 7.05 Å². The minimum Gasteiger partial charge on any atom is -0.369 e. The van der Waals surface area contributed by atoms with Crippen LogP contribution in [0.1, 0.15) is 0 Å². The Balaban J connectivity index is 4.21. The second-order valence-electron chi connectivity index (χ2n) is 3.27. The fourth-order valence-electron chi connectivity index (χ4n) is 0.468. The third kappa shape index (κ3) is 2.35. The molecule has 0 aromatic rings. The summed E-state index contributed by atoms with van der Waals surface area (Å²) < 4.78 is 1.79. The van der Waals surface area contributed by atoms with Crippen LogP contribution in [0.4, 0.5) is 0 Å². The van der Waals surface area contributed by atoms with Gasteiger partial charge in [-0.15, -0.1) is 0 Å². The molecule has 2 nitrogen and oxygen atoms in total. The number of hydrogen-bond donors (Lipinski definition) is 0. The van der Waals surface area contributed by atoms with Crippen molar-refractivity contribution in [3.63, 3.8) is 0 Å². The van der Waals surface area contributed by atoms with Gasteiger partial charge >= 0.3 is 0 Å². The van der Waals surface area contributed by atoms with Gasteiger partial charge in [0.05, 0.1) is 0 Å². The molecular weight excluding hydrogens is 142 g/mol. The van der Waals surface area contributed by atoms with Crippen molar-refractivity contribution >= 4 is 14.1 Å². The van der Waals surface area contributed by atoms with Crippen molar-refractivity contribution < 1.29 is 4.79 Å². The van der Waals surface area contributed by atoms with Crippen molar-refractivity contribution in [3.8, 4) is 0 Å². The zero-order valence-electron chi connectivity index (χ0n) is 7.14. The Morgan fingerprint density at radius 3 is 2.00 bits per heavy atom. The molecule has 0 aliphatic carbocycles. The highest BCUT2D eigenvalue weighted by Crippen LogP contribution is 2.06. The van der Waals surface area contributed by atoms with Gasteiger partial charge in [0.1, 0.15) is 0 Å². The third-order valence-electron chi connectivity index (χ3n) is 1.51. The van der Waals surface area contributed by atoms with E-state index in [1.807, 2.05) is 7.05 Å². The largest absolute Gasteiger partial charge is 0.369 e. The molecule has 0 aromatic heterocycles. The van der Waals surface area contributed by atoms with E-state index in [4.69, 9.17) is 0 Å². The molecule has 3 heteroatoms. The van der Waals surface area contributed by atoms with Crippen LogP contribution in [0.25, 0.3) is 0 Å². The maximum absolute atomic E-state index is 11.0. The molecule has 0 radical (unpaired) electrons. The first kappa shape index (κ1) is 9.43. The first-order valence-corrected chi connectivity index (χ1v) is 6.74. The number of rotatable bonds is 2. The van der Waals surface area contributed by atoms with Gasteiger partial charge in [-0.05, 0) is 6.08 Å². The topological polar surface area (TPSA) is 20.3 Å². The second kappa shape index (κ2) is 3.01. The summed E-state index contributed by atoms with van der Waals surface area (Å²) in [6, 6.07) is 0. The van der Waals surface area contributed by atoms with Gasteiger partial charge in [-0.25, -0.2) is 0 Å². The Kier molecular flexibility index (Phi) is 2.84. The van der Waals surface area contributed by atoms with Crippen LogP contribution < -0.4 is 0 Å². The maximum atomic E-state index is 11.0. The number of hydrogen-bond acceptors (Lipinski definition) is 1. The Labute approximate surface area is 63.6 Å². The van der Waals surface area contributed by atoms with Gasteiger partial charge in [0.15, 0.2) is 8.24 Å². The summed E-state index contributed by atoms with van der Waals surface area (Å²) in [6.07, 6.45) is 1.36. The number of nitrogens with zero attached hydrogens (tertiary/aromatic N) is 1. The van der Waals surface area contributed by atoms with Crippen LogP contribution >= 0.6 is 0 Å². The van der Waals surface area contributed by atoms with Crippen molar-refractivity contribution in [2.24, 2.45) is 0 Å². The Morgan fingerprint density at radius 2 is 1.90 bits per heavy atom. The van der Waals surface area contributed by atoms with E-state index in [9.17, 15) is 4.79 Å². The highest BCUT2D eigenvalue weighted by atomic mass is 28.3. The molecule has 0 aliphatic heterocycles. The molecule has 0 saturated heterocycles. The minimum atomic E-state index is -1.43. The lowest BCUT2D eigenvalue weighted by Crippen LogP contribution is -2.46. The first-order valence-electron chi connectivity index (χ1n) is 3.30. The van der Waals surface area contributed by atoms with Crippen molar-refractivity contribution in [1.29, 1.82) is 0 Å². The quantitative estimate of drug-likeness (QED) is 0.439. The fourth-order valence-corrected chi connectivity index (χ4v) is 1.22. The summed E-state index contributed by atoms with van der Waals surface area (Å²) in [5, 5.41) is 0. The van der Waals surface area contributed by atoms with Crippen LogP contribution in [0, 0.1) is 0 Å². The zero-order valence-corrected chi connectivity index (χ0v) is 8.14. The van der Waals surface area contributed by atoms with Crippen molar-refractivity contribution in [1.82, 2.24) is 4.57 Å². The summed E-state index contributed by atoms with van der Waals surface area (Å²) in [5.74, 6) is 0.0270. The molecule has 10 heavy (non-hydrogen) atoms. The normalized spacial score (nSPS) is 10.8. The first-order chi connectivity index (χ1) is 4.39. The van der Waals surface area contributed by atoms with Gasteiger partial charge in [0.25, 0.3) is 0 Å². The van der Waals surface area contributed by atoms with Gasteiger partial charge in [0.2, 0.25) is 5.91 Å². The number of carbonyl (C=O) groups excluding carboxylic acids is 1. The average molecular weight is 157 g/mol. The number of likely N-dealkylation sites (N-methyl/N-ethyl adjacent to an activating group) is 1. The summed E-state index contributed by atoms with van der Waals surface area (Å²) >= 11 is 0. The summed E-state index contributed by atoms with van der Waals surface area (Å²) in [7, 11) is 0.397. The second-order valence-corrected chi connectivity index (χ2v) is 8.28. The molecule has 0 bridgehead atoms. The third-order valence-corrected chi connectivity index (χ3v) is 3.74. The molecule has 0 atom stereocenters. The molecule has 0 heterocycles. The summed E-state index contributed by atoms with van der Waals surface area (Å²) in [6.45, 7) is 9.78. The van der Waals surface area contributed by atoms with Crippen molar-refractivity contribution in [3.05, 3.63) is 12.7 Å². The van der Waals surface area contributed by atoms with E-state index in [1.165, 1.54) is 6.08 Å². The average Bonchev–Trinajstić information content (AvgIpc) is 1.83. The molecule has 0 aliphatic rings. The Bertz CT molecular complexity index is 148. The molecule has 58 valence electrons.